The van der Waals surface area contributed by atoms with Crippen LogP contribution in [0.4, 0.5) is 0 Å². The average Bonchev–Trinajstić information content (AvgIpc) is 3.26. The number of benzene rings is 2. The summed E-state index contributed by atoms with van der Waals surface area (Å²) < 4.78 is 60.0. The molecule has 0 bridgehead atoms. The van der Waals surface area contributed by atoms with Gasteiger partial charge < -0.3 is 62.1 Å². The number of unbranched alkanes of at least 4 members (excludes halogenated alkanes) is 1. The van der Waals surface area contributed by atoms with Gasteiger partial charge in [-0.1, -0.05) is 42.3 Å². The standard InChI is InChI=1S/C45H76O18/c1-37-33-39(3)41(5)43(35-37)42(6)44-36-38(2)34-40(4)45(44)59-61-63-62-60-58-32-31-57-30-29-56-28-27-55-26-25-54-23-20-51-17-14-48-11-8-7-10-47-13-16-50-19-22-53-24-21-52-18-15-49-12-9-46/h33-36,42,46H,7-32H2,1-6H3. The predicted molar refractivity (Wildman–Crippen MR) is 230 cm³/mol. The van der Waals surface area contributed by atoms with Crippen LogP contribution >= 0.6 is 0 Å². The fraction of sp³-hybridized carbons (Fsp3) is 0.733. The zero-order valence-electron chi connectivity index (χ0n) is 38.7. The van der Waals surface area contributed by atoms with Crippen molar-refractivity contribution in [1.29, 1.82) is 0 Å². The minimum Gasteiger partial charge on any atom is -0.394 e. The van der Waals surface area contributed by atoms with Crippen molar-refractivity contribution >= 4 is 0 Å². The minimum absolute atomic E-state index is 0.0220. The van der Waals surface area contributed by atoms with Crippen molar-refractivity contribution in [1.82, 2.24) is 0 Å². The van der Waals surface area contributed by atoms with Crippen LogP contribution in [-0.4, -0.2) is 164 Å². The van der Waals surface area contributed by atoms with E-state index in [1.165, 1.54) is 22.3 Å². The molecular weight excluding hydrogens is 828 g/mol. The van der Waals surface area contributed by atoms with Crippen LogP contribution in [-0.2, 0) is 77.1 Å². The second-order valence-corrected chi connectivity index (χ2v) is 14.4. The van der Waals surface area contributed by atoms with Crippen molar-refractivity contribution in [2.75, 3.05) is 159 Å². The van der Waals surface area contributed by atoms with Crippen LogP contribution < -0.4 is 4.89 Å². The lowest BCUT2D eigenvalue weighted by atomic mass is 9.85. The molecule has 0 fully saturated rings. The molecule has 0 aliphatic rings. The molecule has 1 atom stereocenters. The highest BCUT2D eigenvalue weighted by atomic mass is 17.8. The Morgan fingerprint density at radius 2 is 0.730 bits per heavy atom. The Labute approximate surface area is 374 Å². The van der Waals surface area contributed by atoms with Crippen molar-refractivity contribution in [2.24, 2.45) is 0 Å². The summed E-state index contributed by atoms with van der Waals surface area (Å²) in [6.45, 7) is 23.2. The summed E-state index contributed by atoms with van der Waals surface area (Å²) in [5.41, 5.74) is 7.86. The summed E-state index contributed by atoms with van der Waals surface area (Å²) in [5, 5.41) is 26.9. The first-order valence-electron chi connectivity index (χ1n) is 22.0. The fourth-order valence-corrected chi connectivity index (χ4v) is 5.99. The van der Waals surface area contributed by atoms with Crippen LogP contribution in [0.2, 0.25) is 0 Å². The largest absolute Gasteiger partial charge is 0.394 e. The number of aliphatic hydroxyl groups excluding tert-OH is 1. The normalized spacial score (nSPS) is 12.1. The quantitative estimate of drug-likeness (QED) is 0.0509. The SMILES string of the molecule is Cc1cc(C)c(C)c(C(C)c2cc(C)cc(C)c2OOOOOOCCOCCOCCOCCOCCOCCOCCCCOCCOCCOCCOCCOCCO)c1. The fourth-order valence-electron chi connectivity index (χ4n) is 5.99. The van der Waals surface area contributed by atoms with Gasteiger partial charge in [-0.25, -0.2) is 4.89 Å². The third-order valence-corrected chi connectivity index (χ3v) is 9.20. The Bertz CT molecular complexity index is 1370. The number of aliphatic hydroxyl groups is 1. The highest BCUT2D eigenvalue weighted by Crippen LogP contribution is 2.37. The van der Waals surface area contributed by atoms with E-state index in [2.05, 4.69) is 61.0 Å². The van der Waals surface area contributed by atoms with Crippen LogP contribution in [0, 0.1) is 34.6 Å². The summed E-state index contributed by atoms with van der Waals surface area (Å²) in [5.74, 6) is 0.576. The van der Waals surface area contributed by atoms with E-state index in [-0.39, 0.29) is 25.7 Å². The summed E-state index contributed by atoms with van der Waals surface area (Å²) in [6, 6.07) is 8.47. The van der Waals surface area contributed by atoms with E-state index in [4.69, 9.17) is 72.0 Å². The minimum atomic E-state index is 0.0220. The van der Waals surface area contributed by atoms with Gasteiger partial charge in [-0.2, -0.15) is 0 Å². The Balaban J connectivity index is 1.25. The molecule has 0 radical (unpaired) electrons. The second kappa shape index (κ2) is 39.9. The number of ether oxygens (including phenoxy) is 11. The predicted octanol–water partition coefficient (Wildman–Crippen LogP) is 5.37. The van der Waals surface area contributed by atoms with Gasteiger partial charge in [0.1, 0.15) is 6.61 Å². The zero-order valence-corrected chi connectivity index (χ0v) is 38.7. The van der Waals surface area contributed by atoms with E-state index >= 15 is 0 Å². The van der Waals surface area contributed by atoms with Crippen molar-refractivity contribution < 1.29 is 87.1 Å². The lowest BCUT2D eigenvalue weighted by Crippen LogP contribution is -2.14. The number of rotatable bonds is 45. The van der Waals surface area contributed by atoms with Gasteiger partial charge in [-0.15, -0.1) is 0 Å². The first kappa shape index (κ1) is 56.7. The van der Waals surface area contributed by atoms with Gasteiger partial charge in [-0.05, 0) is 79.8 Å². The number of aryl methyl sites for hydroxylation is 4. The Kier molecular flexibility index (Phi) is 35.9. The molecule has 1 N–H and O–H groups in total. The highest BCUT2D eigenvalue weighted by molar-refractivity contribution is 5.51. The molecule has 2 aromatic rings. The molecule has 0 saturated carbocycles. The van der Waals surface area contributed by atoms with Gasteiger partial charge in [-0.3, -0.25) is 0 Å². The molecule has 18 nitrogen and oxygen atoms in total. The van der Waals surface area contributed by atoms with Crippen LogP contribution in [0.5, 0.6) is 5.75 Å². The first-order valence-corrected chi connectivity index (χ1v) is 22.0. The Morgan fingerprint density at radius 3 is 1.16 bits per heavy atom. The van der Waals surface area contributed by atoms with Crippen LogP contribution in [0.15, 0.2) is 24.3 Å². The van der Waals surface area contributed by atoms with E-state index < -0.39 is 0 Å². The molecule has 0 spiro atoms. The van der Waals surface area contributed by atoms with Crippen molar-refractivity contribution in [3.05, 3.63) is 63.2 Å². The summed E-state index contributed by atoms with van der Waals surface area (Å²) in [7, 11) is 0. The summed E-state index contributed by atoms with van der Waals surface area (Å²) >= 11 is 0. The molecule has 0 amide bonds. The number of hydrogen-bond donors (Lipinski definition) is 1. The van der Waals surface area contributed by atoms with Crippen molar-refractivity contribution in [3.63, 3.8) is 0 Å². The molecule has 0 aliphatic heterocycles. The van der Waals surface area contributed by atoms with Crippen molar-refractivity contribution in [2.45, 2.75) is 60.3 Å². The van der Waals surface area contributed by atoms with E-state index in [0.29, 0.717) is 144 Å². The molecule has 0 saturated heterocycles. The molecule has 18 heteroatoms. The van der Waals surface area contributed by atoms with Crippen LogP contribution in [0.25, 0.3) is 0 Å². The van der Waals surface area contributed by atoms with Crippen LogP contribution in [0.3, 0.4) is 0 Å². The van der Waals surface area contributed by atoms with Gasteiger partial charge in [0, 0.05) is 34.8 Å². The van der Waals surface area contributed by atoms with Gasteiger partial charge >= 0.3 is 0 Å². The Morgan fingerprint density at radius 1 is 0.381 bits per heavy atom. The molecular formula is C45H76O18. The maximum Gasteiger partial charge on any atom is 0.175 e. The molecule has 1 unspecified atom stereocenters. The van der Waals surface area contributed by atoms with Gasteiger partial charge in [0.25, 0.3) is 0 Å². The molecule has 0 aromatic heterocycles. The van der Waals surface area contributed by atoms with Crippen molar-refractivity contribution in [3.8, 4) is 5.75 Å². The molecule has 0 heterocycles. The van der Waals surface area contributed by atoms with E-state index in [1.54, 1.807) is 0 Å². The van der Waals surface area contributed by atoms with Gasteiger partial charge in [0.05, 0.1) is 139 Å². The maximum absolute atomic E-state index is 8.61. The zero-order chi connectivity index (χ0) is 45.4. The lowest BCUT2D eigenvalue weighted by Gasteiger charge is -2.21. The summed E-state index contributed by atoms with van der Waals surface area (Å²) in [4.78, 5) is 10.3. The third kappa shape index (κ3) is 29.7. The number of hydrogen-bond acceptors (Lipinski definition) is 18. The Hall–Kier alpha value is -2.44. The van der Waals surface area contributed by atoms with Gasteiger partial charge in [0.2, 0.25) is 0 Å². The molecule has 0 aliphatic carbocycles. The molecule has 2 rings (SSSR count). The first-order chi connectivity index (χ1) is 30.8. The lowest BCUT2D eigenvalue weighted by molar-refractivity contribution is -0.745. The highest BCUT2D eigenvalue weighted by Gasteiger charge is 2.20. The van der Waals surface area contributed by atoms with Gasteiger partial charge in [0.15, 0.2) is 5.75 Å². The second-order valence-electron chi connectivity index (χ2n) is 14.4. The topological polar surface area (TPSA) is 177 Å². The molecule has 2 aromatic carbocycles. The average molecular weight is 905 g/mol. The van der Waals surface area contributed by atoms with E-state index in [1.807, 2.05) is 19.9 Å². The molecule has 63 heavy (non-hydrogen) atoms. The molecule has 364 valence electrons. The maximum atomic E-state index is 8.61. The third-order valence-electron chi connectivity index (χ3n) is 9.20. The monoisotopic (exact) mass is 905 g/mol. The van der Waals surface area contributed by atoms with Crippen LogP contribution in [0.1, 0.15) is 64.6 Å². The van der Waals surface area contributed by atoms with E-state index in [0.717, 1.165) is 29.5 Å². The van der Waals surface area contributed by atoms with E-state index in [9.17, 15) is 0 Å². The smallest absolute Gasteiger partial charge is 0.175 e. The summed E-state index contributed by atoms with van der Waals surface area (Å²) in [6.07, 6.45) is 1.85.